The van der Waals surface area contributed by atoms with Gasteiger partial charge in [0.2, 0.25) is 0 Å². The Bertz CT molecular complexity index is 745. The average Bonchev–Trinajstić information content (AvgIpc) is 2.68. The predicted molar refractivity (Wildman–Crippen MR) is 106 cm³/mol. The topological polar surface area (TPSA) is 58.7 Å². The third-order valence-electron chi connectivity index (χ3n) is 5.52. The molecule has 0 saturated carbocycles. The summed E-state index contributed by atoms with van der Waals surface area (Å²) in [5.74, 6) is 1.12. The normalized spacial score (nSPS) is 17.0. The molecule has 0 spiro atoms. The van der Waals surface area contributed by atoms with E-state index >= 15 is 0 Å². The van der Waals surface area contributed by atoms with Crippen LogP contribution in [0.4, 0.5) is 10.1 Å². The number of nitrogens with zero attached hydrogens (tertiary/aromatic N) is 1. The van der Waals surface area contributed by atoms with Crippen molar-refractivity contribution in [3.8, 4) is 5.75 Å². The zero-order chi connectivity index (χ0) is 19.2. The first-order chi connectivity index (χ1) is 13.0. The smallest absolute Gasteiger partial charge is 0.123 e. The molecular weight excluding hydrogens is 343 g/mol. The molecule has 1 heterocycles. The van der Waals surface area contributed by atoms with Gasteiger partial charge in [0.1, 0.15) is 11.6 Å². The molecular formula is C22H29FN2O2. The minimum atomic E-state index is -0.613. The molecule has 1 unspecified atom stereocenters. The van der Waals surface area contributed by atoms with Crippen LogP contribution in [0.1, 0.15) is 36.5 Å². The molecule has 3 rings (SSSR count). The van der Waals surface area contributed by atoms with Gasteiger partial charge in [-0.15, -0.1) is 0 Å². The Kier molecular flexibility index (Phi) is 6.69. The zero-order valence-electron chi connectivity index (χ0n) is 15.9. The van der Waals surface area contributed by atoms with Crippen molar-refractivity contribution in [1.82, 2.24) is 4.90 Å². The minimum absolute atomic E-state index is 0.301. The predicted octanol–water partition coefficient (Wildman–Crippen LogP) is 3.79. The average molecular weight is 372 g/mol. The van der Waals surface area contributed by atoms with Crippen molar-refractivity contribution in [3.05, 3.63) is 59.4 Å². The molecule has 0 bridgehead atoms. The second kappa shape index (κ2) is 9.20. The first-order valence-electron chi connectivity index (χ1n) is 9.63. The second-order valence-electron chi connectivity index (χ2n) is 7.41. The third-order valence-corrected chi connectivity index (χ3v) is 5.52. The number of halogens is 1. The van der Waals surface area contributed by atoms with Crippen LogP contribution in [0.15, 0.2) is 42.5 Å². The third kappa shape index (κ3) is 5.44. The number of nitrogens with two attached hydrogens (primary N) is 1. The maximum Gasteiger partial charge on any atom is 0.123 e. The van der Waals surface area contributed by atoms with Gasteiger partial charge in [-0.2, -0.15) is 0 Å². The molecule has 4 nitrogen and oxygen atoms in total. The molecule has 5 heteroatoms. The number of nitrogen functional groups attached to an aromatic ring is 1. The van der Waals surface area contributed by atoms with E-state index in [-0.39, 0.29) is 5.82 Å². The summed E-state index contributed by atoms with van der Waals surface area (Å²) in [4.78, 5) is 2.39. The number of aliphatic hydroxyl groups is 1. The Morgan fingerprint density at radius 2 is 2.00 bits per heavy atom. The highest BCUT2D eigenvalue weighted by Gasteiger charge is 2.21. The first-order valence-corrected chi connectivity index (χ1v) is 9.63. The molecule has 0 amide bonds. The molecule has 1 fully saturated rings. The summed E-state index contributed by atoms with van der Waals surface area (Å²) >= 11 is 0. The van der Waals surface area contributed by atoms with E-state index in [2.05, 4.69) is 11.0 Å². The van der Waals surface area contributed by atoms with Crippen LogP contribution >= 0.6 is 0 Å². The maximum absolute atomic E-state index is 13.3. The number of hydrogen-bond acceptors (Lipinski definition) is 4. The molecule has 1 aliphatic rings. The number of likely N-dealkylation sites (tertiary alicyclic amines) is 1. The molecule has 0 aromatic heterocycles. The number of anilines is 1. The molecule has 1 saturated heterocycles. The fourth-order valence-corrected chi connectivity index (χ4v) is 3.80. The summed E-state index contributed by atoms with van der Waals surface area (Å²) in [6.45, 7) is 2.88. The Morgan fingerprint density at radius 1 is 1.22 bits per heavy atom. The highest BCUT2D eigenvalue weighted by Crippen LogP contribution is 2.27. The molecule has 0 aliphatic carbocycles. The fraction of sp³-hybridized carbons (Fsp3) is 0.455. The van der Waals surface area contributed by atoms with Crippen LogP contribution in [0.25, 0.3) is 0 Å². The van der Waals surface area contributed by atoms with Crippen LogP contribution in [0.2, 0.25) is 0 Å². The van der Waals surface area contributed by atoms with Gasteiger partial charge in [-0.25, -0.2) is 4.39 Å². The minimum Gasteiger partial charge on any atom is -0.497 e. The lowest BCUT2D eigenvalue weighted by Gasteiger charge is -2.32. The quantitative estimate of drug-likeness (QED) is 0.726. The van der Waals surface area contributed by atoms with Gasteiger partial charge in [-0.1, -0.05) is 18.2 Å². The molecule has 2 aromatic rings. The van der Waals surface area contributed by atoms with E-state index < -0.39 is 6.10 Å². The molecule has 3 N–H and O–H groups in total. The van der Waals surface area contributed by atoms with Crippen LogP contribution in [0.3, 0.4) is 0 Å². The summed E-state index contributed by atoms with van der Waals surface area (Å²) in [5.41, 5.74) is 8.79. The first kappa shape index (κ1) is 19.6. The summed E-state index contributed by atoms with van der Waals surface area (Å²) in [6.07, 6.45) is 3.26. The summed E-state index contributed by atoms with van der Waals surface area (Å²) in [6, 6.07) is 12.2. The summed E-state index contributed by atoms with van der Waals surface area (Å²) in [5, 5.41) is 10.3. The lowest BCUT2D eigenvalue weighted by molar-refractivity contribution is 0.123. The van der Waals surface area contributed by atoms with Crippen molar-refractivity contribution in [2.45, 2.75) is 31.8 Å². The number of benzene rings is 2. The number of hydrogen-bond donors (Lipinski definition) is 2. The van der Waals surface area contributed by atoms with E-state index in [9.17, 15) is 9.50 Å². The van der Waals surface area contributed by atoms with Crippen molar-refractivity contribution >= 4 is 5.69 Å². The Balaban J connectivity index is 1.44. The van der Waals surface area contributed by atoms with Crippen molar-refractivity contribution in [1.29, 1.82) is 0 Å². The summed E-state index contributed by atoms with van der Waals surface area (Å²) < 4.78 is 18.5. The monoisotopic (exact) mass is 372 g/mol. The molecule has 0 radical (unpaired) electrons. The van der Waals surface area contributed by atoms with E-state index in [0.29, 0.717) is 17.9 Å². The lowest BCUT2D eigenvalue weighted by Crippen LogP contribution is -2.35. The highest BCUT2D eigenvalue weighted by atomic mass is 19.1. The van der Waals surface area contributed by atoms with Gasteiger partial charge in [-0.3, -0.25) is 0 Å². The van der Waals surface area contributed by atoms with E-state index in [0.717, 1.165) is 50.3 Å². The highest BCUT2D eigenvalue weighted by molar-refractivity contribution is 5.51. The van der Waals surface area contributed by atoms with Crippen LogP contribution in [0, 0.1) is 11.7 Å². The largest absolute Gasteiger partial charge is 0.497 e. The molecule has 146 valence electrons. The zero-order valence-corrected chi connectivity index (χ0v) is 15.9. The van der Waals surface area contributed by atoms with Crippen molar-refractivity contribution in [3.63, 3.8) is 0 Å². The second-order valence-corrected chi connectivity index (χ2v) is 7.41. The van der Waals surface area contributed by atoms with Gasteiger partial charge in [0.25, 0.3) is 0 Å². The Labute approximate surface area is 160 Å². The SMILES string of the molecule is COc1ccc(CC2CCN(CCC(O)c3cccc(F)c3)CC2)c(N)c1. The van der Waals surface area contributed by atoms with Gasteiger partial charge in [0, 0.05) is 18.3 Å². The lowest BCUT2D eigenvalue weighted by atomic mass is 9.89. The fourth-order valence-electron chi connectivity index (χ4n) is 3.80. The van der Waals surface area contributed by atoms with Gasteiger partial charge in [0.05, 0.1) is 13.2 Å². The van der Waals surface area contributed by atoms with Crippen molar-refractivity contribution in [2.24, 2.45) is 5.92 Å². The molecule has 27 heavy (non-hydrogen) atoms. The number of piperidine rings is 1. The van der Waals surface area contributed by atoms with Gasteiger partial charge >= 0.3 is 0 Å². The summed E-state index contributed by atoms with van der Waals surface area (Å²) in [7, 11) is 1.65. The maximum atomic E-state index is 13.3. The van der Waals surface area contributed by atoms with Crippen LogP contribution in [-0.2, 0) is 6.42 Å². The standard InChI is InChI=1S/C22H29FN2O2/c1-27-20-6-5-17(21(24)15-20)13-16-7-10-25(11-8-16)12-9-22(26)18-3-2-4-19(23)14-18/h2-6,14-16,22,26H,7-13,24H2,1H3. The number of methoxy groups -OCH3 is 1. The van der Waals surface area contributed by atoms with Crippen molar-refractivity contribution in [2.75, 3.05) is 32.5 Å². The van der Waals surface area contributed by atoms with Crippen molar-refractivity contribution < 1.29 is 14.2 Å². The van der Waals surface area contributed by atoms with E-state index in [1.165, 1.54) is 17.7 Å². The van der Waals surface area contributed by atoms with Crippen LogP contribution in [0.5, 0.6) is 5.75 Å². The van der Waals surface area contributed by atoms with Gasteiger partial charge < -0.3 is 20.5 Å². The number of aliphatic hydroxyl groups excluding tert-OH is 1. The van der Waals surface area contributed by atoms with Crippen LogP contribution in [-0.4, -0.2) is 36.8 Å². The Hall–Kier alpha value is -2.11. The number of rotatable bonds is 7. The molecule has 2 aromatic carbocycles. The number of ether oxygens (including phenoxy) is 1. The van der Waals surface area contributed by atoms with Gasteiger partial charge in [0.15, 0.2) is 0 Å². The van der Waals surface area contributed by atoms with E-state index in [1.807, 2.05) is 12.1 Å². The van der Waals surface area contributed by atoms with E-state index in [1.54, 1.807) is 19.2 Å². The molecule has 1 atom stereocenters. The van der Waals surface area contributed by atoms with Crippen LogP contribution < -0.4 is 10.5 Å². The molecule has 1 aliphatic heterocycles. The van der Waals surface area contributed by atoms with Gasteiger partial charge in [-0.05, 0) is 74.0 Å². The Morgan fingerprint density at radius 3 is 2.67 bits per heavy atom. The van der Waals surface area contributed by atoms with E-state index in [4.69, 9.17) is 10.5 Å².